The molecule has 0 spiro atoms. The summed E-state index contributed by atoms with van der Waals surface area (Å²) < 4.78 is 5.98. The maximum absolute atomic E-state index is 10.6. The molecule has 2 rings (SSSR count). The Balaban J connectivity index is 1.75. The maximum Gasteiger partial charge on any atom is 0.303 e. The zero-order valence-corrected chi connectivity index (χ0v) is 14.0. The quantitative estimate of drug-likeness (QED) is 0.704. The van der Waals surface area contributed by atoms with Gasteiger partial charge in [0.1, 0.15) is 0 Å². The summed E-state index contributed by atoms with van der Waals surface area (Å²) >= 11 is 0. The monoisotopic (exact) mass is 314 g/mol. The highest BCUT2D eigenvalue weighted by Gasteiger charge is 2.22. The molecule has 0 aromatic heterocycles. The summed E-state index contributed by atoms with van der Waals surface area (Å²) in [5.74, 6) is -0.744. The molecule has 1 aromatic rings. The van der Waals surface area contributed by atoms with Crippen LogP contribution in [0.1, 0.15) is 55.4 Å². The van der Waals surface area contributed by atoms with Crippen molar-refractivity contribution in [1.29, 1.82) is 0 Å². The second kappa shape index (κ2) is 8.68. The third-order valence-electron chi connectivity index (χ3n) is 4.33. The summed E-state index contributed by atoms with van der Waals surface area (Å²) in [7, 11) is 0. The van der Waals surface area contributed by atoms with Crippen molar-refractivity contribution in [2.75, 3.05) is 6.61 Å². The number of hydrogen-bond acceptors (Lipinski definition) is 2. The van der Waals surface area contributed by atoms with Gasteiger partial charge in [-0.2, -0.15) is 0 Å². The summed E-state index contributed by atoms with van der Waals surface area (Å²) in [5, 5.41) is 8.72. The van der Waals surface area contributed by atoms with E-state index in [9.17, 15) is 4.79 Å². The average molecular weight is 314 g/mol. The number of ether oxygens (including phenoxy) is 1. The first kappa shape index (κ1) is 17.5. The lowest BCUT2D eigenvalue weighted by atomic mass is 10.1. The van der Waals surface area contributed by atoms with Gasteiger partial charge in [-0.1, -0.05) is 47.6 Å². The Hall–Kier alpha value is -1.87. The molecule has 23 heavy (non-hydrogen) atoms. The van der Waals surface area contributed by atoms with Crippen molar-refractivity contribution in [3.8, 4) is 0 Å². The van der Waals surface area contributed by atoms with E-state index in [-0.39, 0.29) is 12.5 Å². The van der Waals surface area contributed by atoms with Crippen LogP contribution in [0, 0.1) is 6.92 Å². The average Bonchev–Trinajstić information content (AvgIpc) is 2.92. The van der Waals surface area contributed by atoms with Gasteiger partial charge in [0.05, 0.1) is 12.7 Å². The van der Waals surface area contributed by atoms with Crippen molar-refractivity contribution in [1.82, 2.24) is 0 Å². The van der Waals surface area contributed by atoms with Gasteiger partial charge < -0.3 is 9.84 Å². The minimum atomic E-state index is -0.744. The van der Waals surface area contributed by atoms with Crippen LogP contribution in [0.3, 0.4) is 0 Å². The van der Waals surface area contributed by atoms with Crippen molar-refractivity contribution in [2.45, 2.75) is 52.1 Å². The normalized spacial score (nSPS) is 17.7. The Kier molecular flexibility index (Phi) is 6.60. The minimum absolute atomic E-state index is 0.197. The largest absolute Gasteiger partial charge is 0.481 e. The summed E-state index contributed by atoms with van der Waals surface area (Å²) in [6.07, 6.45) is 10.1. The molecule has 0 radical (unpaired) electrons. The molecule has 0 bridgehead atoms. The van der Waals surface area contributed by atoms with Crippen LogP contribution in [0.25, 0.3) is 0 Å². The molecule has 3 heteroatoms. The highest BCUT2D eigenvalue weighted by Crippen LogP contribution is 2.34. The van der Waals surface area contributed by atoms with E-state index in [1.54, 1.807) is 0 Å². The van der Waals surface area contributed by atoms with Gasteiger partial charge >= 0.3 is 5.97 Å². The number of aliphatic carboxylic acids is 1. The van der Waals surface area contributed by atoms with E-state index in [1.807, 2.05) is 19.1 Å². The van der Waals surface area contributed by atoms with Crippen LogP contribution in [0.4, 0.5) is 0 Å². The Bertz CT molecular complexity index is 599. The lowest BCUT2D eigenvalue weighted by Gasteiger charge is -2.12. The van der Waals surface area contributed by atoms with Crippen LogP contribution in [-0.4, -0.2) is 17.7 Å². The molecule has 0 aliphatic heterocycles. The molecule has 1 atom stereocenters. The van der Waals surface area contributed by atoms with Gasteiger partial charge in [0.15, 0.2) is 0 Å². The second-order valence-corrected chi connectivity index (χ2v) is 6.08. The van der Waals surface area contributed by atoms with Crippen molar-refractivity contribution in [3.05, 3.63) is 58.7 Å². The highest BCUT2D eigenvalue weighted by atomic mass is 16.5. The smallest absolute Gasteiger partial charge is 0.303 e. The Morgan fingerprint density at radius 2 is 2.17 bits per heavy atom. The van der Waals surface area contributed by atoms with Crippen LogP contribution in [-0.2, 0) is 16.0 Å². The minimum Gasteiger partial charge on any atom is -0.481 e. The number of hydrogen-bond donors (Lipinski definition) is 1. The van der Waals surface area contributed by atoms with Crippen LogP contribution >= 0.6 is 0 Å². The van der Waals surface area contributed by atoms with Crippen LogP contribution < -0.4 is 0 Å². The molecule has 0 saturated heterocycles. The lowest BCUT2D eigenvalue weighted by molar-refractivity contribution is -0.136. The number of carboxylic acid groups (broad SMARTS) is 1. The Morgan fingerprint density at radius 1 is 1.35 bits per heavy atom. The fourth-order valence-electron chi connectivity index (χ4n) is 2.99. The molecule has 0 saturated carbocycles. The molecule has 0 amide bonds. The topological polar surface area (TPSA) is 46.5 Å². The van der Waals surface area contributed by atoms with E-state index in [0.717, 1.165) is 24.8 Å². The number of benzene rings is 1. The first-order chi connectivity index (χ1) is 11.1. The van der Waals surface area contributed by atoms with Gasteiger partial charge in [0.25, 0.3) is 0 Å². The standard InChI is InChI=1S/C20H26O3/c1-3-16(8-12-20(21)22)6-4-5-13-23-19-11-9-17-14-15(2)7-10-18(17)19/h3-5,7,10,14,19H,6,8-9,11-13H2,1-2H3,(H,21,22)/b5-4-,16-3+. The predicted molar refractivity (Wildman–Crippen MR) is 92.6 cm³/mol. The molecular weight excluding hydrogens is 288 g/mol. The van der Waals surface area contributed by atoms with E-state index in [2.05, 4.69) is 31.2 Å². The molecule has 1 aliphatic carbocycles. The molecular formula is C20H26O3. The molecule has 3 nitrogen and oxygen atoms in total. The number of rotatable bonds is 8. The Morgan fingerprint density at radius 3 is 2.91 bits per heavy atom. The van der Waals surface area contributed by atoms with Crippen molar-refractivity contribution >= 4 is 5.97 Å². The van der Waals surface area contributed by atoms with Gasteiger partial charge in [-0.05, 0) is 50.7 Å². The number of allylic oxidation sites excluding steroid dienone is 3. The van der Waals surface area contributed by atoms with Crippen molar-refractivity contribution < 1.29 is 14.6 Å². The summed E-state index contributed by atoms with van der Waals surface area (Å²) in [6, 6.07) is 6.60. The third-order valence-corrected chi connectivity index (χ3v) is 4.33. The van der Waals surface area contributed by atoms with Crippen LogP contribution in [0.2, 0.25) is 0 Å². The summed E-state index contributed by atoms with van der Waals surface area (Å²) in [5.41, 5.74) is 5.22. The summed E-state index contributed by atoms with van der Waals surface area (Å²) in [6.45, 7) is 4.69. The fourth-order valence-corrected chi connectivity index (χ4v) is 2.99. The molecule has 124 valence electrons. The first-order valence-corrected chi connectivity index (χ1v) is 8.32. The van der Waals surface area contributed by atoms with Crippen LogP contribution in [0.5, 0.6) is 0 Å². The van der Waals surface area contributed by atoms with E-state index in [4.69, 9.17) is 9.84 Å². The number of carboxylic acids is 1. The zero-order chi connectivity index (χ0) is 16.7. The summed E-state index contributed by atoms with van der Waals surface area (Å²) in [4.78, 5) is 10.6. The predicted octanol–water partition coefficient (Wildman–Crippen LogP) is 4.76. The van der Waals surface area contributed by atoms with Gasteiger partial charge in [-0.25, -0.2) is 0 Å². The molecule has 1 unspecified atom stereocenters. The number of aryl methyl sites for hydroxylation is 2. The van der Waals surface area contributed by atoms with E-state index in [1.165, 1.54) is 16.7 Å². The van der Waals surface area contributed by atoms with E-state index < -0.39 is 5.97 Å². The van der Waals surface area contributed by atoms with E-state index >= 15 is 0 Å². The third kappa shape index (κ3) is 5.36. The van der Waals surface area contributed by atoms with Gasteiger partial charge in [-0.3, -0.25) is 4.79 Å². The van der Waals surface area contributed by atoms with Crippen molar-refractivity contribution in [3.63, 3.8) is 0 Å². The van der Waals surface area contributed by atoms with Crippen molar-refractivity contribution in [2.24, 2.45) is 0 Å². The number of fused-ring (bicyclic) bond motifs is 1. The van der Waals surface area contributed by atoms with E-state index in [0.29, 0.717) is 13.0 Å². The SMILES string of the molecule is C/C=C(\C/C=C\COC1CCc2cc(C)ccc21)CCC(=O)O. The van der Waals surface area contributed by atoms with Crippen LogP contribution in [0.15, 0.2) is 42.0 Å². The molecule has 1 N–H and O–H groups in total. The molecule has 0 fully saturated rings. The second-order valence-electron chi connectivity index (χ2n) is 6.08. The molecule has 1 aliphatic rings. The maximum atomic E-state index is 10.6. The molecule has 0 heterocycles. The Labute approximate surface area is 138 Å². The first-order valence-electron chi connectivity index (χ1n) is 8.32. The highest BCUT2D eigenvalue weighted by molar-refractivity contribution is 5.67. The number of carbonyl (C=O) groups is 1. The van der Waals surface area contributed by atoms with Gasteiger partial charge in [-0.15, -0.1) is 0 Å². The lowest BCUT2D eigenvalue weighted by Crippen LogP contribution is -2.00. The van der Waals surface area contributed by atoms with Gasteiger partial charge in [0, 0.05) is 6.42 Å². The fraction of sp³-hybridized carbons (Fsp3) is 0.450. The molecule has 1 aromatic carbocycles. The van der Waals surface area contributed by atoms with Gasteiger partial charge in [0.2, 0.25) is 0 Å². The zero-order valence-electron chi connectivity index (χ0n) is 14.0.